The van der Waals surface area contributed by atoms with Crippen LogP contribution in [0.5, 0.6) is 0 Å². The van der Waals surface area contributed by atoms with Gasteiger partial charge in [0.05, 0.1) is 0 Å². The minimum absolute atomic E-state index is 0.256. The first-order chi connectivity index (χ1) is 8.11. The van der Waals surface area contributed by atoms with Crippen molar-refractivity contribution in [1.29, 1.82) is 0 Å². The fourth-order valence-corrected chi connectivity index (χ4v) is 1.77. The number of aromatic nitrogens is 4. The molecule has 92 valence electrons. The summed E-state index contributed by atoms with van der Waals surface area (Å²) in [6, 6.07) is 1.76. The zero-order valence-electron chi connectivity index (χ0n) is 10.0. The number of aromatic amines is 1. The van der Waals surface area contributed by atoms with Crippen molar-refractivity contribution in [2.45, 2.75) is 19.1 Å². The van der Waals surface area contributed by atoms with Gasteiger partial charge in [0.15, 0.2) is 5.65 Å². The van der Waals surface area contributed by atoms with Crippen LogP contribution in [-0.4, -0.2) is 37.6 Å². The summed E-state index contributed by atoms with van der Waals surface area (Å²) in [5.41, 5.74) is 0.329. The summed E-state index contributed by atoms with van der Waals surface area (Å²) < 4.78 is 1.45. The van der Waals surface area contributed by atoms with Gasteiger partial charge >= 0.3 is 5.69 Å². The first kappa shape index (κ1) is 12.0. The van der Waals surface area contributed by atoms with E-state index in [-0.39, 0.29) is 5.69 Å². The van der Waals surface area contributed by atoms with Gasteiger partial charge < -0.3 is 5.32 Å². The standard InChI is InChI=1S/C10H15N5OS/c1-6(17-3)5-11-8-4-9-13-14-10(16)15(9)7(2)12-8/h4,6,11H,5H2,1-3H3,(H,14,16). The van der Waals surface area contributed by atoms with Crippen molar-refractivity contribution in [3.63, 3.8) is 0 Å². The number of hydrogen-bond donors (Lipinski definition) is 2. The maximum atomic E-state index is 11.4. The van der Waals surface area contributed by atoms with E-state index in [4.69, 9.17) is 0 Å². The molecule has 7 heteroatoms. The second kappa shape index (κ2) is 4.79. The Kier molecular flexibility index (Phi) is 3.37. The maximum Gasteiger partial charge on any atom is 0.349 e. The number of rotatable bonds is 4. The number of thioether (sulfide) groups is 1. The Labute approximate surface area is 103 Å². The molecule has 2 aromatic heterocycles. The molecule has 0 amide bonds. The number of fused-ring (bicyclic) bond motifs is 1. The lowest BCUT2D eigenvalue weighted by atomic mass is 10.4. The lowest BCUT2D eigenvalue weighted by molar-refractivity contribution is 0.923. The third kappa shape index (κ3) is 2.44. The highest BCUT2D eigenvalue weighted by Gasteiger charge is 2.07. The van der Waals surface area contributed by atoms with Gasteiger partial charge in [0.25, 0.3) is 0 Å². The largest absolute Gasteiger partial charge is 0.369 e. The van der Waals surface area contributed by atoms with E-state index in [2.05, 4.69) is 33.7 Å². The maximum absolute atomic E-state index is 11.4. The van der Waals surface area contributed by atoms with Crippen molar-refractivity contribution in [3.8, 4) is 0 Å². The molecule has 0 bridgehead atoms. The number of anilines is 1. The van der Waals surface area contributed by atoms with Gasteiger partial charge in [-0.3, -0.25) is 0 Å². The van der Waals surface area contributed by atoms with Crippen molar-refractivity contribution in [3.05, 3.63) is 22.4 Å². The van der Waals surface area contributed by atoms with E-state index in [1.165, 1.54) is 4.40 Å². The Bertz CT molecular complexity index is 576. The highest BCUT2D eigenvalue weighted by atomic mass is 32.2. The Morgan fingerprint density at radius 3 is 3.12 bits per heavy atom. The summed E-state index contributed by atoms with van der Waals surface area (Å²) in [7, 11) is 0. The molecule has 2 aromatic rings. The molecule has 1 atom stereocenters. The monoisotopic (exact) mass is 253 g/mol. The van der Waals surface area contributed by atoms with Gasteiger partial charge in [-0.25, -0.2) is 19.3 Å². The van der Waals surface area contributed by atoms with Crippen LogP contribution in [0, 0.1) is 6.92 Å². The van der Waals surface area contributed by atoms with Gasteiger partial charge in [0.1, 0.15) is 11.6 Å². The number of aryl methyl sites for hydroxylation is 1. The fraction of sp³-hybridized carbons (Fsp3) is 0.500. The molecular weight excluding hydrogens is 238 g/mol. The van der Waals surface area contributed by atoms with E-state index in [1.54, 1.807) is 24.8 Å². The molecule has 1 unspecified atom stereocenters. The third-order valence-corrected chi connectivity index (χ3v) is 3.51. The van der Waals surface area contributed by atoms with Gasteiger partial charge in [-0.2, -0.15) is 16.9 Å². The van der Waals surface area contributed by atoms with Gasteiger partial charge in [0, 0.05) is 17.9 Å². The van der Waals surface area contributed by atoms with Crippen molar-refractivity contribution in [1.82, 2.24) is 19.6 Å². The molecule has 2 rings (SSSR count). The smallest absolute Gasteiger partial charge is 0.349 e. The Morgan fingerprint density at radius 1 is 1.65 bits per heavy atom. The molecule has 0 spiro atoms. The van der Waals surface area contributed by atoms with Crippen LogP contribution in [0.25, 0.3) is 5.65 Å². The third-order valence-electron chi connectivity index (χ3n) is 2.54. The SMILES string of the molecule is CSC(C)CNc1cc2n[nH]c(=O)n2c(C)n1. The van der Waals surface area contributed by atoms with E-state index in [0.717, 1.165) is 12.4 Å². The van der Waals surface area contributed by atoms with Crippen molar-refractivity contribution >= 4 is 23.2 Å². The van der Waals surface area contributed by atoms with Crippen LogP contribution < -0.4 is 11.0 Å². The molecule has 2 N–H and O–H groups in total. The van der Waals surface area contributed by atoms with Crippen molar-refractivity contribution in [2.24, 2.45) is 0 Å². The Balaban J connectivity index is 2.28. The molecule has 0 saturated carbocycles. The number of H-pyrrole nitrogens is 1. The molecule has 0 fully saturated rings. The molecule has 0 radical (unpaired) electrons. The van der Waals surface area contributed by atoms with E-state index in [1.807, 2.05) is 0 Å². The summed E-state index contributed by atoms with van der Waals surface area (Å²) in [4.78, 5) is 15.7. The van der Waals surface area contributed by atoms with Gasteiger partial charge in [-0.05, 0) is 13.2 Å². The second-order valence-corrected chi connectivity index (χ2v) is 5.11. The van der Waals surface area contributed by atoms with E-state index in [0.29, 0.717) is 16.7 Å². The fourth-order valence-electron chi connectivity index (χ4n) is 1.52. The van der Waals surface area contributed by atoms with Crippen LogP contribution in [0.2, 0.25) is 0 Å². The Hall–Kier alpha value is -1.50. The highest BCUT2D eigenvalue weighted by molar-refractivity contribution is 7.99. The summed E-state index contributed by atoms with van der Waals surface area (Å²) in [5, 5.41) is 10.1. The second-order valence-electron chi connectivity index (χ2n) is 3.84. The lowest BCUT2D eigenvalue weighted by Crippen LogP contribution is -2.16. The van der Waals surface area contributed by atoms with Gasteiger partial charge in [0.2, 0.25) is 0 Å². The lowest BCUT2D eigenvalue weighted by Gasteiger charge is -2.10. The molecule has 0 aromatic carbocycles. The quantitative estimate of drug-likeness (QED) is 0.846. The predicted octanol–water partition coefficient (Wildman–Crippen LogP) is 0.889. The van der Waals surface area contributed by atoms with Crippen LogP contribution in [0.4, 0.5) is 5.82 Å². The number of hydrogen-bond acceptors (Lipinski definition) is 5. The topological polar surface area (TPSA) is 75.1 Å². The number of nitrogens with one attached hydrogen (secondary N) is 2. The molecular formula is C10H15N5OS. The molecule has 0 aliphatic carbocycles. The minimum atomic E-state index is -0.256. The summed E-state index contributed by atoms with van der Waals surface area (Å²) in [5.74, 6) is 1.37. The summed E-state index contributed by atoms with van der Waals surface area (Å²) >= 11 is 1.79. The Morgan fingerprint density at radius 2 is 2.41 bits per heavy atom. The normalized spacial score (nSPS) is 12.9. The number of nitrogens with zero attached hydrogens (tertiary/aromatic N) is 3. The molecule has 2 heterocycles. The predicted molar refractivity (Wildman–Crippen MR) is 69.8 cm³/mol. The van der Waals surface area contributed by atoms with Gasteiger partial charge in [-0.1, -0.05) is 6.92 Å². The molecule has 0 aliphatic rings. The van der Waals surface area contributed by atoms with E-state index < -0.39 is 0 Å². The van der Waals surface area contributed by atoms with Crippen molar-refractivity contribution < 1.29 is 0 Å². The van der Waals surface area contributed by atoms with Crippen LogP contribution in [-0.2, 0) is 0 Å². The summed E-state index contributed by atoms with van der Waals surface area (Å²) in [6.45, 7) is 4.76. The van der Waals surface area contributed by atoms with E-state index >= 15 is 0 Å². The van der Waals surface area contributed by atoms with Crippen molar-refractivity contribution in [2.75, 3.05) is 18.1 Å². The van der Waals surface area contributed by atoms with Crippen LogP contribution in [0.3, 0.4) is 0 Å². The average Bonchev–Trinajstić information content (AvgIpc) is 2.68. The first-order valence-corrected chi connectivity index (χ1v) is 6.62. The molecule has 0 saturated heterocycles. The minimum Gasteiger partial charge on any atom is -0.369 e. The average molecular weight is 253 g/mol. The van der Waals surface area contributed by atoms with Gasteiger partial charge in [-0.15, -0.1) is 0 Å². The van der Waals surface area contributed by atoms with E-state index in [9.17, 15) is 4.79 Å². The highest BCUT2D eigenvalue weighted by Crippen LogP contribution is 2.10. The zero-order chi connectivity index (χ0) is 12.4. The first-order valence-electron chi connectivity index (χ1n) is 5.33. The molecule has 0 aliphatic heterocycles. The van der Waals surface area contributed by atoms with Crippen LogP contribution in [0.15, 0.2) is 10.9 Å². The van der Waals surface area contributed by atoms with Crippen LogP contribution in [0.1, 0.15) is 12.7 Å². The molecule has 17 heavy (non-hydrogen) atoms. The molecule has 6 nitrogen and oxygen atoms in total. The van der Waals surface area contributed by atoms with Crippen LogP contribution >= 0.6 is 11.8 Å². The summed E-state index contributed by atoms with van der Waals surface area (Å²) in [6.07, 6.45) is 2.07. The zero-order valence-corrected chi connectivity index (χ0v) is 10.8.